The number of aromatic amines is 1. The second-order valence-electron chi connectivity index (χ2n) is 6.95. The maximum Gasteiger partial charge on any atom is 0.260 e. The van der Waals surface area contributed by atoms with E-state index in [9.17, 15) is 4.79 Å². The number of H-pyrrole nitrogens is 1. The molecule has 0 radical (unpaired) electrons. The Balaban J connectivity index is 1.57. The SMILES string of the molecule is O=c1[nH]c(/C=C/c2cccc3cccnc23)nc2sc3c(c12)CCCCC3. The Morgan fingerprint density at radius 3 is 2.89 bits per heavy atom. The van der Waals surface area contributed by atoms with Crippen molar-refractivity contribution in [3.8, 4) is 0 Å². The molecule has 1 aromatic carbocycles. The van der Waals surface area contributed by atoms with Gasteiger partial charge in [-0.3, -0.25) is 9.78 Å². The van der Waals surface area contributed by atoms with Crippen molar-refractivity contribution in [2.45, 2.75) is 32.1 Å². The smallest absolute Gasteiger partial charge is 0.260 e. The zero-order valence-electron chi connectivity index (χ0n) is 14.9. The number of para-hydroxylation sites is 1. The number of thiophene rings is 1. The van der Waals surface area contributed by atoms with Gasteiger partial charge in [-0.15, -0.1) is 11.3 Å². The minimum absolute atomic E-state index is 0.0184. The summed E-state index contributed by atoms with van der Waals surface area (Å²) in [7, 11) is 0. The molecule has 0 aliphatic heterocycles. The fourth-order valence-corrected chi connectivity index (χ4v) is 5.14. The molecule has 1 aliphatic carbocycles. The first-order valence-electron chi connectivity index (χ1n) is 9.36. The van der Waals surface area contributed by atoms with Gasteiger partial charge in [0.25, 0.3) is 5.56 Å². The number of nitrogens with one attached hydrogen (secondary N) is 1. The zero-order chi connectivity index (χ0) is 18.2. The van der Waals surface area contributed by atoms with Crippen molar-refractivity contribution in [2.75, 3.05) is 0 Å². The van der Waals surface area contributed by atoms with Gasteiger partial charge in [-0.1, -0.05) is 30.7 Å². The van der Waals surface area contributed by atoms with Crippen LogP contribution in [-0.2, 0) is 12.8 Å². The molecular weight excluding hydrogens is 354 g/mol. The Bertz CT molecular complexity index is 1230. The number of fused-ring (bicyclic) bond motifs is 4. The van der Waals surface area contributed by atoms with Crippen LogP contribution in [0, 0.1) is 0 Å². The van der Waals surface area contributed by atoms with Gasteiger partial charge in [0.15, 0.2) is 0 Å². The quantitative estimate of drug-likeness (QED) is 0.505. The highest BCUT2D eigenvalue weighted by molar-refractivity contribution is 7.18. The summed E-state index contributed by atoms with van der Waals surface area (Å²) >= 11 is 1.69. The molecule has 1 N–H and O–H groups in total. The third kappa shape index (κ3) is 2.98. The number of pyridine rings is 1. The summed E-state index contributed by atoms with van der Waals surface area (Å²) < 4.78 is 0. The molecule has 0 fully saturated rings. The van der Waals surface area contributed by atoms with Crippen molar-refractivity contribution in [1.82, 2.24) is 15.0 Å². The lowest BCUT2D eigenvalue weighted by Gasteiger charge is -2.01. The molecular formula is C22H19N3OS. The van der Waals surface area contributed by atoms with Gasteiger partial charge >= 0.3 is 0 Å². The average Bonchev–Trinajstić information content (AvgIpc) is 2.88. The monoisotopic (exact) mass is 373 g/mol. The Hall–Kier alpha value is -2.79. The predicted octanol–water partition coefficient (Wildman–Crippen LogP) is 4.97. The molecule has 0 atom stereocenters. The molecule has 0 spiro atoms. The predicted molar refractivity (Wildman–Crippen MR) is 112 cm³/mol. The molecule has 4 nitrogen and oxygen atoms in total. The Kier molecular flexibility index (Phi) is 4.09. The second-order valence-corrected chi connectivity index (χ2v) is 8.04. The number of nitrogens with zero attached hydrogens (tertiary/aromatic N) is 2. The number of benzene rings is 1. The van der Waals surface area contributed by atoms with Crippen molar-refractivity contribution in [3.63, 3.8) is 0 Å². The van der Waals surface area contributed by atoms with Gasteiger partial charge in [0.05, 0.1) is 10.9 Å². The van der Waals surface area contributed by atoms with Gasteiger partial charge < -0.3 is 4.98 Å². The molecule has 0 amide bonds. The van der Waals surface area contributed by atoms with E-state index < -0.39 is 0 Å². The summed E-state index contributed by atoms with van der Waals surface area (Å²) in [6.07, 6.45) is 11.3. The first-order chi connectivity index (χ1) is 13.3. The highest BCUT2D eigenvalue weighted by Gasteiger charge is 2.18. The fourth-order valence-electron chi connectivity index (χ4n) is 3.87. The zero-order valence-corrected chi connectivity index (χ0v) is 15.7. The van der Waals surface area contributed by atoms with Crippen LogP contribution in [0.2, 0.25) is 0 Å². The molecule has 3 aromatic heterocycles. The lowest BCUT2D eigenvalue weighted by Crippen LogP contribution is -2.10. The van der Waals surface area contributed by atoms with Crippen LogP contribution in [0.5, 0.6) is 0 Å². The van der Waals surface area contributed by atoms with E-state index in [0.717, 1.165) is 45.9 Å². The summed E-state index contributed by atoms with van der Waals surface area (Å²) in [5.74, 6) is 0.594. The highest BCUT2D eigenvalue weighted by atomic mass is 32.1. The van der Waals surface area contributed by atoms with Crippen molar-refractivity contribution < 1.29 is 0 Å². The average molecular weight is 373 g/mol. The van der Waals surface area contributed by atoms with Gasteiger partial charge in [-0.25, -0.2) is 4.98 Å². The lowest BCUT2D eigenvalue weighted by atomic mass is 10.1. The standard InChI is InChI=1S/C22H19N3OS/c26-21-19-16-9-2-1-3-10-17(16)27-22(19)25-18(24-21)12-11-15-7-4-6-14-8-5-13-23-20(14)15/h4-8,11-13H,1-3,9-10H2,(H,24,25,26)/b12-11+. The fraction of sp³-hybridized carbons (Fsp3) is 0.227. The van der Waals surface area contributed by atoms with Crippen LogP contribution < -0.4 is 5.56 Å². The number of rotatable bonds is 2. The largest absolute Gasteiger partial charge is 0.306 e. The van der Waals surface area contributed by atoms with Crippen LogP contribution in [-0.4, -0.2) is 15.0 Å². The Morgan fingerprint density at radius 2 is 1.93 bits per heavy atom. The van der Waals surface area contributed by atoms with Crippen LogP contribution in [0.1, 0.15) is 41.1 Å². The summed E-state index contributed by atoms with van der Waals surface area (Å²) in [6.45, 7) is 0. The van der Waals surface area contributed by atoms with E-state index in [0.29, 0.717) is 5.82 Å². The molecule has 3 heterocycles. The van der Waals surface area contributed by atoms with E-state index in [1.54, 1.807) is 17.5 Å². The number of aryl methyl sites for hydroxylation is 2. The van der Waals surface area contributed by atoms with Crippen LogP contribution >= 0.6 is 11.3 Å². The van der Waals surface area contributed by atoms with Crippen molar-refractivity contribution in [2.24, 2.45) is 0 Å². The molecule has 5 rings (SSSR count). The first-order valence-corrected chi connectivity index (χ1v) is 10.2. The molecule has 4 aromatic rings. The molecule has 0 saturated carbocycles. The molecule has 0 bridgehead atoms. The van der Waals surface area contributed by atoms with Gasteiger partial charge in [0.2, 0.25) is 0 Å². The van der Waals surface area contributed by atoms with Crippen LogP contribution in [0.15, 0.2) is 41.3 Å². The third-order valence-electron chi connectivity index (χ3n) is 5.18. The maximum absolute atomic E-state index is 12.7. The molecule has 5 heteroatoms. The molecule has 1 aliphatic rings. The van der Waals surface area contributed by atoms with E-state index in [2.05, 4.69) is 9.97 Å². The first kappa shape index (κ1) is 16.4. The molecule has 0 saturated heterocycles. The topological polar surface area (TPSA) is 58.6 Å². The number of aromatic nitrogens is 3. The second kappa shape index (κ2) is 6.74. The third-order valence-corrected chi connectivity index (χ3v) is 6.36. The summed E-state index contributed by atoms with van der Waals surface area (Å²) in [6, 6.07) is 10.1. The Labute approximate surface area is 160 Å². The van der Waals surface area contributed by atoms with Gasteiger partial charge in [-0.2, -0.15) is 0 Å². The van der Waals surface area contributed by atoms with E-state index in [1.807, 2.05) is 42.5 Å². The summed E-state index contributed by atoms with van der Waals surface area (Å²) in [4.78, 5) is 27.1. The number of hydrogen-bond donors (Lipinski definition) is 1. The van der Waals surface area contributed by atoms with Gasteiger partial charge in [0.1, 0.15) is 10.7 Å². The van der Waals surface area contributed by atoms with Crippen LogP contribution in [0.4, 0.5) is 0 Å². The van der Waals surface area contributed by atoms with E-state index in [1.165, 1.54) is 23.3 Å². The minimum Gasteiger partial charge on any atom is -0.306 e. The van der Waals surface area contributed by atoms with Crippen molar-refractivity contribution in [1.29, 1.82) is 0 Å². The van der Waals surface area contributed by atoms with Crippen LogP contribution in [0.3, 0.4) is 0 Å². The molecule has 27 heavy (non-hydrogen) atoms. The Morgan fingerprint density at radius 1 is 1.04 bits per heavy atom. The van der Waals surface area contributed by atoms with Gasteiger partial charge in [0, 0.05) is 22.0 Å². The van der Waals surface area contributed by atoms with E-state index in [-0.39, 0.29) is 5.56 Å². The minimum atomic E-state index is -0.0184. The molecule has 0 unspecified atom stereocenters. The lowest BCUT2D eigenvalue weighted by molar-refractivity contribution is 0.713. The summed E-state index contributed by atoms with van der Waals surface area (Å²) in [5.41, 5.74) is 3.17. The van der Waals surface area contributed by atoms with Crippen LogP contribution in [0.25, 0.3) is 33.3 Å². The normalized spacial score (nSPS) is 14.7. The van der Waals surface area contributed by atoms with Crippen molar-refractivity contribution in [3.05, 3.63) is 68.7 Å². The van der Waals surface area contributed by atoms with E-state index >= 15 is 0 Å². The maximum atomic E-state index is 12.7. The highest BCUT2D eigenvalue weighted by Crippen LogP contribution is 2.32. The van der Waals surface area contributed by atoms with Crippen molar-refractivity contribution >= 4 is 44.6 Å². The summed E-state index contributed by atoms with van der Waals surface area (Å²) in [5, 5.41) is 1.90. The number of hydrogen-bond acceptors (Lipinski definition) is 4. The van der Waals surface area contributed by atoms with E-state index in [4.69, 9.17) is 4.98 Å². The van der Waals surface area contributed by atoms with Gasteiger partial charge in [-0.05, 0) is 49.5 Å². The molecule has 134 valence electrons.